The summed E-state index contributed by atoms with van der Waals surface area (Å²) in [6, 6.07) is 10.6. The molecular formula is C28H38N4O4. The van der Waals surface area contributed by atoms with Gasteiger partial charge in [-0.1, -0.05) is 30.3 Å². The van der Waals surface area contributed by atoms with E-state index in [0.717, 1.165) is 45.3 Å². The molecule has 0 radical (unpaired) electrons. The zero-order chi connectivity index (χ0) is 25.7. The van der Waals surface area contributed by atoms with Gasteiger partial charge in [-0.05, 0) is 57.6 Å². The van der Waals surface area contributed by atoms with E-state index in [0.29, 0.717) is 35.6 Å². The van der Waals surface area contributed by atoms with Crippen LogP contribution in [0.25, 0.3) is 0 Å². The van der Waals surface area contributed by atoms with Gasteiger partial charge in [0.1, 0.15) is 5.69 Å². The number of rotatable bonds is 7. The van der Waals surface area contributed by atoms with Gasteiger partial charge in [0.05, 0.1) is 18.1 Å². The van der Waals surface area contributed by atoms with Crippen LogP contribution in [0.15, 0.2) is 30.3 Å². The third-order valence-corrected chi connectivity index (χ3v) is 7.39. The molecule has 2 fully saturated rings. The minimum absolute atomic E-state index is 0.0422. The van der Waals surface area contributed by atoms with Crippen LogP contribution in [0.2, 0.25) is 0 Å². The van der Waals surface area contributed by atoms with Crippen LogP contribution >= 0.6 is 0 Å². The summed E-state index contributed by atoms with van der Waals surface area (Å²) in [4.78, 5) is 46.0. The Bertz CT molecular complexity index is 1070. The van der Waals surface area contributed by atoms with Crippen molar-refractivity contribution >= 4 is 17.8 Å². The van der Waals surface area contributed by atoms with Gasteiger partial charge in [-0.2, -0.15) is 0 Å². The average molecular weight is 495 g/mol. The third kappa shape index (κ3) is 5.98. The molecular weight excluding hydrogens is 456 g/mol. The van der Waals surface area contributed by atoms with E-state index < -0.39 is 5.97 Å². The maximum absolute atomic E-state index is 13.3. The van der Waals surface area contributed by atoms with E-state index in [9.17, 15) is 14.4 Å². The maximum atomic E-state index is 13.3. The highest BCUT2D eigenvalue weighted by atomic mass is 16.5. The highest BCUT2D eigenvalue weighted by Crippen LogP contribution is 2.24. The topological polar surface area (TPSA) is 94.7 Å². The highest BCUT2D eigenvalue weighted by molar-refractivity contribution is 6.00. The number of nitrogens with zero attached hydrogens (tertiary/aromatic N) is 2. The lowest BCUT2D eigenvalue weighted by Gasteiger charge is -2.35. The molecule has 3 heterocycles. The quantitative estimate of drug-likeness (QED) is 0.575. The lowest BCUT2D eigenvalue weighted by atomic mass is 9.95. The van der Waals surface area contributed by atoms with Crippen molar-refractivity contribution in [3.05, 3.63) is 58.4 Å². The predicted molar refractivity (Wildman–Crippen MR) is 138 cm³/mol. The Balaban J connectivity index is 1.30. The number of likely N-dealkylation sites (tertiary alicyclic amines) is 2. The summed E-state index contributed by atoms with van der Waals surface area (Å²) in [5.41, 5.74) is 3.37. The molecule has 0 unspecified atom stereocenters. The van der Waals surface area contributed by atoms with E-state index in [2.05, 4.69) is 39.5 Å². The number of benzene rings is 1. The lowest BCUT2D eigenvalue weighted by Crippen LogP contribution is -2.50. The molecule has 4 rings (SSSR count). The molecule has 8 heteroatoms. The molecule has 2 aromatic rings. The normalized spacial score (nSPS) is 19.2. The van der Waals surface area contributed by atoms with Crippen molar-refractivity contribution in [2.75, 3.05) is 32.8 Å². The van der Waals surface area contributed by atoms with Crippen molar-refractivity contribution in [1.29, 1.82) is 0 Å². The smallest absolute Gasteiger partial charge is 0.340 e. The number of aromatic amines is 1. The first kappa shape index (κ1) is 25.9. The fraction of sp³-hybridized carbons (Fsp3) is 0.536. The number of nitrogens with one attached hydrogen (secondary N) is 2. The summed E-state index contributed by atoms with van der Waals surface area (Å²) in [5, 5.41) is 3.25. The van der Waals surface area contributed by atoms with Gasteiger partial charge in [0, 0.05) is 44.5 Å². The van der Waals surface area contributed by atoms with Gasteiger partial charge in [-0.3, -0.25) is 14.5 Å². The molecule has 2 amide bonds. The number of aryl methyl sites for hydroxylation is 1. The predicted octanol–water partition coefficient (Wildman–Crippen LogP) is 3.44. The summed E-state index contributed by atoms with van der Waals surface area (Å²) < 4.78 is 5.15. The molecule has 0 bridgehead atoms. The molecule has 0 saturated carbocycles. The molecule has 2 saturated heterocycles. The minimum Gasteiger partial charge on any atom is -0.462 e. The van der Waals surface area contributed by atoms with Crippen LogP contribution in [0.4, 0.5) is 0 Å². The van der Waals surface area contributed by atoms with Crippen molar-refractivity contribution in [2.24, 2.45) is 5.92 Å². The number of carbonyl (C=O) groups excluding carboxylic acids is 3. The fourth-order valence-corrected chi connectivity index (χ4v) is 5.40. The molecule has 0 aliphatic carbocycles. The van der Waals surface area contributed by atoms with Crippen molar-refractivity contribution < 1.29 is 19.1 Å². The maximum Gasteiger partial charge on any atom is 0.340 e. The van der Waals surface area contributed by atoms with E-state index in [1.54, 1.807) is 25.7 Å². The van der Waals surface area contributed by atoms with Gasteiger partial charge in [0.25, 0.3) is 5.91 Å². The van der Waals surface area contributed by atoms with Crippen LogP contribution in [0.3, 0.4) is 0 Å². The number of hydrogen-bond donors (Lipinski definition) is 2. The van der Waals surface area contributed by atoms with Crippen molar-refractivity contribution in [2.45, 2.75) is 59.0 Å². The first-order valence-electron chi connectivity index (χ1n) is 13.1. The Hall–Kier alpha value is -3.13. The molecule has 1 aromatic carbocycles. The summed E-state index contributed by atoms with van der Waals surface area (Å²) in [7, 11) is 0. The first-order valence-corrected chi connectivity index (χ1v) is 13.1. The van der Waals surface area contributed by atoms with Crippen LogP contribution < -0.4 is 5.32 Å². The summed E-state index contributed by atoms with van der Waals surface area (Å²) in [6.45, 7) is 9.43. The summed E-state index contributed by atoms with van der Waals surface area (Å²) in [5.74, 6) is -0.766. The Morgan fingerprint density at radius 1 is 1.06 bits per heavy atom. The highest BCUT2D eigenvalue weighted by Gasteiger charge is 2.33. The van der Waals surface area contributed by atoms with Gasteiger partial charge in [0.15, 0.2) is 0 Å². The van der Waals surface area contributed by atoms with E-state index in [4.69, 9.17) is 4.74 Å². The second-order valence-electron chi connectivity index (χ2n) is 9.98. The summed E-state index contributed by atoms with van der Waals surface area (Å²) >= 11 is 0. The van der Waals surface area contributed by atoms with Gasteiger partial charge in [-0.25, -0.2) is 4.79 Å². The van der Waals surface area contributed by atoms with Crippen molar-refractivity contribution in [1.82, 2.24) is 20.1 Å². The number of ether oxygens (including phenoxy) is 1. The molecule has 2 N–H and O–H groups in total. The number of esters is 1. The lowest BCUT2D eigenvalue weighted by molar-refractivity contribution is -0.127. The Labute approximate surface area is 213 Å². The minimum atomic E-state index is -0.423. The summed E-state index contributed by atoms with van der Waals surface area (Å²) in [6.07, 6.45) is 3.43. The average Bonchev–Trinajstić information content (AvgIpc) is 3.19. The Morgan fingerprint density at radius 2 is 1.78 bits per heavy atom. The van der Waals surface area contributed by atoms with E-state index in [1.807, 2.05) is 6.07 Å². The van der Waals surface area contributed by atoms with Crippen molar-refractivity contribution in [3.63, 3.8) is 0 Å². The van der Waals surface area contributed by atoms with Crippen LogP contribution in [-0.2, 0) is 16.1 Å². The molecule has 2 aliphatic heterocycles. The van der Waals surface area contributed by atoms with Crippen LogP contribution in [0.5, 0.6) is 0 Å². The third-order valence-electron chi connectivity index (χ3n) is 7.39. The molecule has 0 spiro atoms. The van der Waals surface area contributed by atoms with Crippen molar-refractivity contribution in [3.8, 4) is 0 Å². The number of carbonyl (C=O) groups is 3. The zero-order valence-electron chi connectivity index (χ0n) is 21.6. The van der Waals surface area contributed by atoms with Gasteiger partial charge in [0.2, 0.25) is 5.91 Å². The number of piperidine rings is 2. The van der Waals surface area contributed by atoms with Crippen LogP contribution in [0, 0.1) is 19.8 Å². The SMILES string of the molecule is CCOC(=O)c1c(C)[nH]c(C(=O)N2CCC[C@H](C(=O)NC3CCN(Cc4ccccc4)CC3)C2)c1C. The van der Waals surface area contributed by atoms with E-state index >= 15 is 0 Å². The van der Waals surface area contributed by atoms with Gasteiger partial charge in [-0.15, -0.1) is 0 Å². The molecule has 2 aliphatic rings. The Morgan fingerprint density at radius 3 is 2.47 bits per heavy atom. The molecule has 1 atom stereocenters. The fourth-order valence-electron chi connectivity index (χ4n) is 5.40. The molecule has 194 valence electrons. The number of amides is 2. The van der Waals surface area contributed by atoms with E-state index in [1.165, 1.54) is 5.56 Å². The van der Waals surface area contributed by atoms with Crippen LogP contribution in [0.1, 0.15) is 70.3 Å². The van der Waals surface area contributed by atoms with Gasteiger partial charge < -0.3 is 19.9 Å². The standard InChI is InChI=1S/C28H38N4O4/c1-4-36-28(35)24-19(2)25(29-20(24)3)27(34)32-14-8-11-22(18-32)26(33)30-23-12-15-31(16-13-23)17-21-9-6-5-7-10-21/h5-7,9-10,22-23,29H,4,8,11-18H2,1-3H3,(H,30,33)/t22-/m0/s1. The largest absolute Gasteiger partial charge is 0.462 e. The van der Waals surface area contributed by atoms with E-state index in [-0.39, 0.29) is 30.4 Å². The zero-order valence-corrected chi connectivity index (χ0v) is 21.6. The second-order valence-corrected chi connectivity index (χ2v) is 9.98. The molecule has 8 nitrogen and oxygen atoms in total. The van der Waals surface area contributed by atoms with Crippen LogP contribution in [-0.4, -0.2) is 71.4 Å². The Kier molecular flexibility index (Phi) is 8.46. The molecule has 36 heavy (non-hydrogen) atoms. The second kappa shape index (κ2) is 11.7. The monoisotopic (exact) mass is 494 g/mol. The first-order chi connectivity index (χ1) is 17.4. The number of H-pyrrole nitrogens is 1. The van der Waals surface area contributed by atoms with Gasteiger partial charge >= 0.3 is 5.97 Å². The molecule has 1 aromatic heterocycles. The number of hydrogen-bond acceptors (Lipinski definition) is 5. The number of aromatic nitrogens is 1.